The van der Waals surface area contributed by atoms with Gasteiger partial charge in [0.15, 0.2) is 0 Å². The predicted octanol–water partition coefficient (Wildman–Crippen LogP) is 2.40. The Morgan fingerprint density at radius 3 is 2.56 bits per heavy atom. The molecule has 3 nitrogen and oxygen atoms in total. The summed E-state index contributed by atoms with van der Waals surface area (Å²) in [5.74, 6) is 0.995. The van der Waals surface area contributed by atoms with Crippen molar-refractivity contribution in [2.24, 2.45) is 11.3 Å². The van der Waals surface area contributed by atoms with Gasteiger partial charge in [-0.05, 0) is 49.1 Å². The van der Waals surface area contributed by atoms with E-state index in [4.69, 9.17) is 0 Å². The molecule has 3 heteroatoms. The first-order valence-electron chi connectivity index (χ1n) is 6.84. The highest BCUT2D eigenvalue weighted by atomic mass is 16.1. The quantitative estimate of drug-likeness (QED) is 0.807. The van der Waals surface area contributed by atoms with Crippen LogP contribution < -0.4 is 10.6 Å². The zero-order chi connectivity index (χ0) is 12.4. The smallest absolute Gasteiger partial charge is 0.238 e. The van der Waals surface area contributed by atoms with E-state index >= 15 is 0 Å². The van der Waals surface area contributed by atoms with Gasteiger partial charge in [0.25, 0.3) is 0 Å². The fourth-order valence-electron chi connectivity index (χ4n) is 2.74. The van der Waals surface area contributed by atoms with Crippen molar-refractivity contribution in [2.75, 3.05) is 18.4 Å². The van der Waals surface area contributed by atoms with E-state index in [0.29, 0.717) is 12.0 Å². The van der Waals surface area contributed by atoms with Gasteiger partial charge in [-0.1, -0.05) is 18.2 Å². The Balaban J connectivity index is 1.39. The van der Waals surface area contributed by atoms with Crippen LogP contribution in [0.3, 0.4) is 0 Å². The number of hydrogen-bond acceptors (Lipinski definition) is 2. The van der Waals surface area contributed by atoms with E-state index in [1.807, 2.05) is 30.3 Å². The van der Waals surface area contributed by atoms with Crippen molar-refractivity contribution < 1.29 is 4.79 Å². The number of hydrogen-bond donors (Lipinski definition) is 2. The molecule has 0 aromatic heterocycles. The van der Waals surface area contributed by atoms with Crippen molar-refractivity contribution in [1.82, 2.24) is 5.32 Å². The molecule has 96 valence electrons. The van der Waals surface area contributed by atoms with Crippen LogP contribution in [0.15, 0.2) is 30.3 Å². The van der Waals surface area contributed by atoms with Crippen LogP contribution in [0, 0.1) is 11.3 Å². The van der Waals surface area contributed by atoms with Crippen LogP contribution in [0.4, 0.5) is 5.69 Å². The first-order chi connectivity index (χ1) is 8.78. The summed E-state index contributed by atoms with van der Waals surface area (Å²) in [6, 6.07) is 9.61. The summed E-state index contributed by atoms with van der Waals surface area (Å²) in [5, 5.41) is 6.21. The largest absolute Gasteiger partial charge is 0.325 e. The number of carbonyl (C=O) groups excluding carboxylic acids is 1. The van der Waals surface area contributed by atoms with Gasteiger partial charge in [-0.25, -0.2) is 0 Å². The minimum atomic E-state index is 0.0489. The third-order valence-corrected chi connectivity index (χ3v) is 4.16. The van der Waals surface area contributed by atoms with Gasteiger partial charge >= 0.3 is 0 Å². The van der Waals surface area contributed by atoms with Gasteiger partial charge in [-0.15, -0.1) is 0 Å². The third kappa shape index (κ3) is 2.72. The van der Waals surface area contributed by atoms with Crippen LogP contribution in [0.2, 0.25) is 0 Å². The molecule has 0 radical (unpaired) electrons. The number of anilines is 1. The average molecular weight is 244 g/mol. The molecule has 0 unspecified atom stereocenters. The number of para-hydroxylation sites is 1. The Kier molecular flexibility index (Phi) is 3.08. The summed E-state index contributed by atoms with van der Waals surface area (Å²) in [5.41, 5.74) is 1.43. The van der Waals surface area contributed by atoms with Crippen LogP contribution >= 0.6 is 0 Å². The van der Waals surface area contributed by atoms with Crippen LogP contribution in [0.1, 0.15) is 25.7 Å². The first-order valence-corrected chi connectivity index (χ1v) is 6.84. The molecule has 1 aromatic rings. The highest BCUT2D eigenvalue weighted by molar-refractivity contribution is 5.92. The van der Waals surface area contributed by atoms with Gasteiger partial charge in [0, 0.05) is 12.2 Å². The summed E-state index contributed by atoms with van der Waals surface area (Å²) in [6.45, 7) is 1.43. The number of rotatable bonds is 6. The van der Waals surface area contributed by atoms with Gasteiger partial charge in [0.05, 0.1) is 6.54 Å². The third-order valence-electron chi connectivity index (χ3n) is 4.16. The zero-order valence-corrected chi connectivity index (χ0v) is 10.6. The molecule has 1 amide bonds. The summed E-state index contributed by atoms with van der Waals surface area (Å²) in [7, 11) is 0. The maximum absolute atomic E-state index is 11.7. The molecule has 0 aliphatic heterocycles. The maximum Gasteiger partial charge on any atom is 0.238 e. The van der Waals surface area contributed by atoms with E-state index < -0.39 is 0 Å². The van der Waals surface area contributed by atoms with E-state index in [-0.39, 0.29) is 5.91 Å². The molecule has 1 aromatic carbocycles. The molecule has 2 aliphatic carbocycles. The molecular formula is C15H20N2O. The van der Waals surface area contributed by atoms with Gasteiger partial charge < -0.3 is 10.6 Å². The molecule has 2 aliphatic rings. The van der Waals surface area contributed by atoms with Crippen LogP contribution in [-0.4, -0.2) is 19.0 Å². The van der Waals surface area contributed by atoms with Gasteiger partial charge in [0.2, 0.25) is 5.91 Å². The summed E-state index contributed by atoms with van der Waals surface area (Å²) >= 11 is 0. The Hall–Kier alpha value is -1.35. The lowest BCUT2D eigenvalue weighted by atomic mass is 10.0. The molecular weight excluding hydrogens is 224 g/mol. The highest BCUT2D eigenvalue weighted by Gasteiger charge is 2.53. The van der Waals surface area contributed by atoms with Crippen LogP contribution in [-0.2, 0) is 4.79 Å². The zero-order valence-electron chi connectivity index (χ0n) is 10.6. The minimum absolute atomic E-state index is 0.0489. The van der Waals surface area contributed by atoms with Crippen molar-refractivity contribution in [2.45, 2.75) is 25.7 Å². The normalized spacial score (nSPS) is 20.4. The van der Waals surface area contributed by atoms with Gasteiger partial charge in [-0.2, -0.15) is 0 Å². The fraction of sp³-hybridized carbons (Fsp3) is 0.533. The Morgan fingerprint density at radius 2 is 1.94 bits per heavy atom. The van der Waals surface area contributed by atoms with Gasteiger partial charge in [-0.3, -0.25) is 4.79 Å². The summed E-state index contributed by atoms with van der Waals surface area (Å²) in [4.78, 5) is 11.7. The number of amides is 1. The Morgan fingerprint density at radius 1 is 1.22 bits per heavy atom. The van der Waals surface area contributed by atoms with Crippen molar-refractivity contribution in [3.63, 3.8) is 0 Å². The van der Waals surface area contributed by atoms with E-state index in [2.05, 4.69) is 10.6 Å². The molecule has 2 fully saturated rings. The molecule has 0 saturated heterocycles. The number of nitrogens with one attached hydrogen (secondary N) is 2. The monoisotopic (exact) mass is 244 g/mol. The van der Waals surface area contributed by atoms with Gasteiger partial charge in [0.1, 0.15) is 0 Å². The number of carbonyl (C=O) groups is 1. The second-order valence-corrected chi connectivity index (χ2v) is 5.65. The highest BCUT2D eigenvalue weighted by Crippen LogP contribution is 2.60. The average Bonchev–Trinajstić information content (AvgIpc) is 3.24. The van der Waals surface area contributed by atoms with Crippen molar-refractivity contribution in [1.29, 1.82) is 0 Å². The summed E-state index contributed by atoms with van der Waals surface area (Å²) in [6.07, 6.45) is 5.51. The van der Waals surface area contributed by atoms with E-state index in [0.717, 1.165) is 18.2 Å². The van der Waals surface area contributed by atoms with E-state index in [1.165, 1.54) is 25.7 Å². The Bertz CT molecular complexity index is 421. The standard InChI is InChI=1S/C15H20N2O/c18-14(17-13-4-2-1-3-5-13)10-16-11-15(8-9-15)12-6-7-12/h1-5,12,16H,6-11H2,(H,17,18). The predicted molar refractivity (Wildman–Crippen MR) is 72.3 cm³/mol. The topological polar surface area (TPSA) is 41.1 Å². The molecule has 0 atom stereocenters. The number of benzene rings is 1. The van der Waals surface area contributed by atoms with E-state index in [9.17, 15) is 4.79 Å². The molecule has 2 N–H and O–H groups in total. The molecule has 0 spiro atoms. The second-order valence-electron chi connectivity index (χ2n) is 5.65. The molecule has 18 heavy (non-hydrogen) atoms. The SMILES string of the molecule is O=C(CNCC1(C2CC2)CC1)Nc1ccccc1. The Labute approximate surface area is 108 Å². The van der Waals surface area contributed by atoms with Crippen molar-refractivity contribution in [3.8, 4) is 0 Å². The molecule has 0 bridgehead atoms. The van der Waals surface area contributed by atoms with E-state index in [1.54, 1.807) is 0 Å². The molecule has 3 rings (SSSR count). The first kappa shape index (κ1) is 11.7. The lowest BCUT2D eigenvalue weighted by molar-refractivity contribution is -0.115. The fourth-order valence-corrected chi connectivity index (χ4v) is 2.74. The van der Waals surface area contributed by atoms with Crippen molar-refractivity contribution in [3.05, 3.63) is 30.3 Å². The molecule has 0 heterocycles. The van der Waals surface area contributed by atoms with Crippen LogP contribution in [0.25, 0.3) is 0 Å². The van der Waals surface area contributed by atoms with Crippen molar-refractivity contribution >= 4 is 11.6 Å². The summed E-state index contributed by atoms with van der Waals surface area (Å²) < 4.78 is 0. The maximum atomic E-state index is 11.7. The minimum Gasteiger partial charge on any atom is -0.325 e. The molecule has 2 saturated carbocycles. The van der Waals surface area contributed by atoms with Crippen LogP contribution in [0.5, 0.6) is 0 Å². The lowest BCUT2D eigenvalue weighted by Gasteiger charge is -2.14. The lowest BCUT2D eigenvalue weighted by Crippen LogP contribution is -2.33. The second kappa shape index (κ2) is 4.73.